The third-order valence-corrected chi connectivity index (χ3v) is 2.25. The van der Waals surface area contributed by atoms with Gasteiger partial charge in [-0.15, -0.1) is 0 Å². The molecule has 2 amide bonds. The molecule has 0 unspecified atom stereocenters. The molecule has 0 atom stereocenters. The topological polar surface area (TPSA) is 73.4 Å². The molecule has 0 radical (unpaired) electrons. The Morgan fingerprint density at radius 2 is 1.61 bits per heavy atom. The Balaban J connectivity index is 1.88. The van der Waals surface area contributed by atoms with Crippen LogP contribution in [0, 0.1) is 0 Å². The zero-order valence-electron chi connectivity index (χ0n) is 9.55. The summed E-state index contributed by atoms with van der Waals surface area (Å²) < 4.78 is 0. The van der Waals surface area contributed by atoms with E-state index in [2.05, 4.69) is 16.2 Å². The van der Waals surface area contributed by atoms with E-state index in [1.54, 1.807) is 30.3 Å². The number of aromatic hydroxyl groups is 1. The van der Waals surface area contributed by atoms with Crippen molar-refractivity contribution in [2.75, 3.05) is 10.7 Å². The third-order valence-electron chi connectivity index (χ3n) is 2.25. The Kier molecular flexibility index (Phi) is 3.66. The van der Waals surface area contributed by atoms with Crippen molar-refractivity contribution in [2.24, 2.45) is 0 Å². The van der Waals surface area contributed by atoms with Gasteiger partial charge in [-0.3, -0.25) is 10.9 Å². The Hall–Kier alpha value is -2.69. The second-order valence-electron chi connectivity index (χ2n) is 3.59. The Bertz CT molecular complexity index is 529. The third kappa shape index (κ3) is 3.15. The highest BCUT2D eigenvalue weighted by molar-refractivity contribution is 5.90. The number of hydrazine groups is 1. The van der Waals surface area contributed by atoms with Crippen LogP contribution in [0.1, 0.15) is 0 Å². The van der Waals surface area contributed by atoms with Crippen LogP contribution in [-0.2, 0) is 0 Å². The van der Waals surface area contributed by atoms with Crippen LogP contribution in [0.5, 0.6) is 5.75 Å². The lowest BCUT2D eigenvalue weighted by Gasteiger charge is -2.10. The lowest BCUT2D eigenvalue weighted by atomic mass is 10.3. The zero-order valence-corrected chi connectivity index (χ0v) is 9.55. The summed E-state index contributed by atoms with van der Waals surface area (Å²) in [7, 11) is 0. The van der Waals surface area contributed by atoms with Crippen molar-refractivity contribution in [1.82, 2.24) is 5.43 Å². The number of urea groups is 1. The van der Waals surface area contributed by atoms with Crippen molar-refractivity contribution in [3.05, 3.63) is 54.6 Å². The first-order valence-electron chi connectivity index (χ1n) is 5.42. The van der Waals surface area contributed by atoms with Gasteiger partial charge in [-0.25, -0.2) is 4.79 Å². The first-order valence-corrected chi connectivity index (χ1v) is 5.42. The Morgan fingerprint density at radius 3 is 2.33 bits per heavy atom. The van der Waals surface area contributed by atoms with Crippen molar-refractivity contribution in [1.29, 1.82) is 0 Å². The maximum Gasteiger partial charge on any atom is 0.337 e. The van der Waals surface area contributed by atoms with Gasteiger partial charge in [0.2, 0.25) is 0 Å². The molecule has 0 heterocycles. The molecular formula is C13H13N3O2. The number of amides is 2. The minimum absolute atomic E-state index is 0.0671. The molecule has 0 aliphatic heterocycles. The van der Waals surface area contributed by atoms with Crippen LogP contribution in [0.2, 0.25) is 0 Å². The van der Waals surface area contributed by atoms with Crippen LogP contribution < -0.4 is 16.2 Å². The van der Waals surface area contributed by atoms with E-state index in [0.717, 1.165) is 0 Å². The van der Waals surface area contributed by atoms with Crippen LogP contribution >= 0.6 is 0 Å². The molecule has 0 aliphatic carbocycles. The molecule has 0 bridgehead atoms. The van der Waals surface area contributed by atoms with Gasteiger partial charge >= 0.3 is 6.03 Å². The summed E-state index contributed by atoms with van der Waals surface area (Å²) in [6.07, 6.45) is 0. The zero-order chi connectivity index (χ0) is 12.8. The number of hydrogen-bond acceptors (Lipinski definition) is 3. The molecule has 2 aromatic rings. The number of benzene rings is 2. The first-order chi connectivity index (χ1) is 8.75. The number of anilines is 2. The molecule has 0 spiro atoms. The fourth-order valence-corrected chi connectivity index (χ4v) is 1.39. The van der Waals surface area contributed by atoms with Gasteiger partial charge in [0, 0.05) is 5.69 Å². The van der Waals surface area contributed by atoms with Crippen LogP contribution in [0.4, 0.5) is 16.2 Å². The van der Waals surface area contributed by atoms with E-state index in [0.29, 0.717) is 11.4 Å². The molecule has 18 heavy (non-hydrogen) atoms. The first kappa shape index (κ1) is 11.8. The summed E-state index contributed by atoms with van der Waals surface area (Å²) in [6, 6.07) is 15.3. The summed E-state index contributed by atoms with van der Waals surface area (Å²) in [5, 5.41) is 12.1. The predicted octanol–water partition coefficient (Wildman–Crippen LogP) is 2.54. The summed E-state index contributed by atoms with van der Waals surface area (Å²) >= 11 is 0. The van der Waals surface area contributed by atoms with Gasteiger partial charge in [-0.2, -0.15) is 0 Å². The van der Waals surface area contributed by atoms with Gasteiger partial charge in [0.15, 0.2) is 0 Å². The molecule has 5 nitrogen and oxygen atoms in total. The molecule has 5 heteroatoms. The van der Waals surface area contributed by atoms with Gasteiger partial charge < -0.3 is 10.4 Å². The smallest absolute Gasteiger partial charge is 0.337 e. The fourth-order valence-electron chi connectivity index (χ4n) is 1.39. The van der Waals surface area contributed by atoms with E-state index >= 15 is 0 Å². The molecule has 92 valence electrons. The minimum Gasteiger partial charge on any atom is -0.506 e. The molecule has 0 fully saturated rings. The van der Waals surface area contributed by atoms with Gasteiger partial charge in [0.25, 0.3) is 0 Å². The highest BCUT2D eigenvalue weighted by Crippen LogP contribution is 2.20. The maximum absolute atomic E-state index is 11.5. The predicted molar refractivity (Wildman–Crippen MR) is 70.3 cm³/mol. The second-order valence-corrected chi connectivity index (χ2v) is 3.59. The van der Waals surface area contributed by atoms with Gasteiger partial charge in [-0.05, 0) is 24.3 Å². The van der Waals surface area contributed by atoms with Gasteiger partial charge in [-0.1, -0.05) is 30.3 Å². The maximum atomic E-state index is 11.5. The molecule has 0 saturated carbocycles. The van der Waals surface area contributed by atoms with E-state index in [4.69, 9.17) is 0 Å². The molecule has 0 aliphatic rings. The monoisotopic (exact) mass is 243 g/mol. The van der Waals surface area contributed by atoms with E-state index < -0.39 is 6.03 Å². The summed E-state index contributed by atoms with van der Waals surface area (Å²) in [6.45, 7) is 0. The Labute approximate surface area is 104 Å². The van der Waals surface area contributed by atoms with Crippen molar-refractivity contribution in [3.63, 3.8) is 0 Å². The number of phenols is 1. The van der Waals surface area contributed by atoms with E-state index in [1.165, 1.54) is 6.07 Å². The standard InChI is InChI=1S/C13H13N3O2/c17-12-9-5-4-8-11(12)15-16-13(18)14-10-6-2-1-3-7-10/h1-9,15,17H,(H2,14,16,18). The number of para-hydroxylation sites is 3. The lowest BCUT2D eigenvalue weighted by molar-refractivity contribution is 0.254. The molecule has 0 aromatic heterocycles. The van der Waals surface area contributed by atoms with Crippen molar-refractivity contribution in [2.45, 2.75) is 0 Å². The largest absolute Gasteiger partial charge is 0.506 e. The lowest BCUT2D eigenvalue weighted by Crippen LogP contribution is -2.33. The normalized spacial score (nSPS) is 9.56. The van der Waals surface area contributed by atoms with Crippen LogP contribution in [-0.4, -0.2) is 11.1 Å². The summed E-state index contributed by atoms with van der Waals surface area (Å²) in [5.41, 5.74) is 6.17. The number of rotatable bonds is 3. The number of carbonyl (C=O) groups excluding carboxylic acids is 1. The van der Waals surface area contributed by atoms with Crippen molar-refractivity contribution in [3.8, 4) is 5.75 Å². The van der Waals surface area contributed by atoms with Crippen molar-refractivity contribution < 1.29 is 9.90 Å². The molecule has 2 rings (SSSR count). The van der Waals surface area contributed by atoms with E-state index in [1.807, 2.05) is 18.2 Å². The van der Waals surface area contributed by atoms with E-state index in [9.17, 15) is 9.90 Å². The second kappa shape index (κ2) is 5.58. The highest BCUT2D eigenvalue weighted by atomic mass is 16.3. The highest BCUT2D eigenvalue weighted by Gasteiger charge is 2.02. The molecular weight excluding hydrogens is 230 g/mol. The summed E-state index contributed by atoms with van der Waals surface area (Å²) in [4.78, 5) is 11.5. The van der Waals surface area contributed by atoms with Crippen LogP contribution in [0.25, 0.3) is 0 Å². The Morgan fingerprint density at radius 1 is 0.944 bits per heavy atom. The van der Waals surface area contributed by atoms with Gasteiger partial charge in [0.05, 0.1) is 5.69 Å². The average Bonchev–Trinajstić information content (AvgIpc) is 2.39. The van der Waals surface area contributed by atoms with Crippen LogP contribution in [0.3, 0.4) is 0 Å². The van der Waals surface area contributed by atoms with Gasteiger partial charge in [0.1, 0.15) is 5.75 Å². The fraction of sp³-hybridized carbons (Fsp3) is 0. The molecule has 2 aromatic carbocycles. The summed E-state index contributed by atoms with van der Waals surface area (Å²) in [5.74, 6) is 0.0671. The minimum atomic E-state index is -0.413. The van der Waals surface area contributed by atoms with E-state index in [-0.39, 0.29) is 5.75 Å². The quantitative estimate of drug-likeness (QED) is 0.494. The molecule has 0 saturated heterocycles. The number of phenolic OH excluding ortho intramolecular Hbond substituents is 1. The van der Waals surface area contributed by atoms with Crippen LogP contribution in [0.15, 0.2) is 54.6 Å². The SMILES string of the molecule is O=C(NNc1ccccc1O)Nc1ccccc1. The molecule has 4 N–H and O–H groups in total. The number of hydrogen-bond donors (Lipinski definition) is 4. The van der Waals surface area contributed by atoms with Crippen molar-refractivity contribution >= 4 is 17.4 Å². The number of nitrogens with one attached hydrogen (secondary N) is 3. The average molecular weight is 243 g/mol. The number of carbonyl (C=O) groups is 1.